The van der Waals surface area contributed by atoms with Crippen LogP contribution in [-0.4, -0.2) is 30.9 Å². The average molecular weight is 415 g/mol. The van der Waals surface area contributed by atoms with E-state index in [4.69, 9.17) is 13.9 Å². The summed E-state index contributed by atoms with van der Waals surface area (Å²) in [4.78, 5) is 39.0. The van der Waals surface area contributed by atoms with Crippen molar-refractivity contribution in [2.75, 3.05) is 7.11 Å². The smallest absolute Gasteiger partial charge is 0.337 e. The monoisotopic (exact) mass is 415 g/mol. The highest BCUT2D eigenvalue weighted by atomic mass is 16.5. The Hall–Kier alpha value is -2.83. The lowest BCUT2D eigenvalue weighted by atomic mass is 9.70. The molecule has 3 rings (SSSR count). The highest BCUT2D eigenvalue weighted by Crippen LogP contribution is 2.45. The van der Waals surface area contributed by atoms with Crippen molar-refractivity contribution in [2.24, 2.45) is 11.8 Å². The predicted octanol–water partition coefficient (Wildman–Crippen LogP) is 3.54. The van der Waals surface area contributed by atoms with Gasteiger partial charge in [0.05, 0.1) is 24.7 Å². The molecule has 1 aliphatic carbocycles. The van der Waals surface area contributed by atoms with E-state index in [1.54, 1.807) is 26.0 Å². The van der Waals surface area contributed by atoms with Gasteiger partial charge in [0.1, 0.15) is 17.4 Å². The number of hydrogen-bond donors (Lipinski definition) is 1. The number of esters is 2. The topological polar surface area (TPSA) is 94.8 Å². The molecule has 0 saturated heterocycles. The van der Waals surface area contributed by atoms with Crippen LogP contribution < -0.4 is 5.32 Å². The third-order valence-corrected chi connectivity index (χ3v) is 5.89. The van der Waals surface area contributed by atoms with E-state index < -0.39 is 23.8 Å². The number of furan rings is 1. The van der Waals surface area contributed by atoms with Gasteiger partial charge in [-0.2, -0.15) is 0 Å². The van der Waals surface area contributed by atoms with Crippen LogP contribution in [0.2, 0.25) is 0 Å². The number of carbonyl (C=O) groups is 3. The quantitative estimate of drug-likeness (QED) is 0.580. The highest BCUT2D eigenvalue weighted by Gasteiger charge is 2.48. The zero-order valence-electron chi connectivity index (χ0n) is 18.3. The van der Waals surface area contributed by atoms with Crippen LogP contribution in [0, 0.1) is 18.8 Å². The Bertz CT molecular complexity index is 937. The number of ether oxygens (including phenoxy) is 2. The molecule has 0 saturated carbocycles. The van der Waals surface area contributed by atoms with Crippen molar-refractivity contribution in [3.05, 3.63) is 46.2 Å². The van der Waals surface area contributed by atoms with E-state index in [-0.39, 0.29) is 17.8 Å². The molecule has 2 aliphatic rings. The van der Waals surface area contributed by atoms with Crippen molar-refractivity contribution in [3.8, 4) is 0 Å². The van der Waals surface area contributed by atoms with Gasteiger partial charge in [0.15, 0.2) is 5.78 Å². The molecule has 1 aromatic heterocycles. The summed E-state index contributed by atoms with van der Waals surface area (Å²) in [5.41, 5.74) is 2.04. The molecule has 7 nitrogen and oxygen atoms in total. The second-order valence-electron chi connectivity index (χ2n) is 8.11. The molecule has 0 aromatic carbocycles. The summed E-state index contributed by atoms with van der Waals surface area (Å²) in [5.74, 6) is -2.15. The van der Waals surface area contributed by atoms with E-state index >= 15 is 0 Å². The van der Waals surface area contributed by atoms with Crippen molar-refractivity contribution in [3.63, 3.8) is 0 Å². The van der Waals surface area contributed by atoms with Crippen molar-refractivity contribution < 1.29 is 28.3 Å². The Morgan fingerprint density at radius 1 is 1.30 bits per heavy atom. The van der Waals surface area contributed by atoms with Crippen LogP contribution in [0.1, 0.15) is 58.0 Å². The van der Waals surface area contributed by atoms with Gasteiger partial charge in [0.25, 0.3) is 0 Å². The van der Waals surface area contributed by atoms with Gasteiger partial charge in [-0.1, -0.05) is 13.8 Å². The first-order valence-electron chi connectivity index (χ1n) is 10.3. The number of hydrogen-bond acceptors (Lipinski definition) is 7. The number of nitrogens with one attached hydrogen (secondary N) is 1. The van der Waals surface area contributed by atoms with Crippen molar-refractivity contribution in [1.82, 2.24) is 5.32 Å². The Morgan fingerprint density at radius 2 is 2.00 bits per heavy atom. The lowest BCUT2D eigenvalue weighted by Crippen LogP contribution is -2.43. The molecule has 4 atom stereocenters. The van der Waals surface area contributed by atoms with E-state index in [1.807, 2.05) is 20.8 Å². The van der Waals surface area contributed by atoms with Crippen LogP contribution in [0.5, 0.6) is 0 Å². The number of dihydropyridines is 1. The van der Waals surface area contributed by atoms with Gasteiger partial charge >= 0.3 is 11.9 Å². The fourth-order valence-corrected chi connectivity index (χ4v) is 4.17. The molecule has 0 bridgehead atoms. The number of carbonyl (C=O) groups excluding carboxylic acids is 3. The lowest BCUT2D eigenvalue weighted by molar-refractivity contribution is -0.151. The van der Waals surface area contributed by atoms with Crippen LogP contribution in [0.15, 0.2) is 39.1 Å². The normalized spacial score (nSPS) is 24.9. The molecule has 0 fully saturated rings. The summed E-state index contributed by atoms with van der Waals surface area (Å²) in [6, 6.07) is 3.55. The minimum atomic E-state index is -0.917. The zero-order chi connectivity index (χ0) is 22.2. The molecule has 0 unspecified atom stereocenters. The Balaban J connectivity index is 2.13. The summed E-state index contributed by atoms with van der Waals surface area (Å²) < 4.78 is 16.3. The summed E-state index contributed by atoms with van der Waals surface area (Å²) in [5, 5.41) is 3.23. The standard InChI is InChI=1S/C23H29NO6/c1-7-12(3)30-23(27)18-14(5)24-15-10-11(2)17(22(26)28-6)21(25)19(15)20(18)16-9-8-13(4)29-16/h8-9,11-12,17,20,24H,7,10H2,1-6H3/t11-,12-,17+,20+/m0/s1. The molecule has 1 aliphatic heterocycles. The van der Waals surface area contributed by atoms with Crippen LogP contribution in [0.4, 0.5) is 0 Å². The zero-order valence-corrected chi connectivity index (χ0v) is 18.3. The largest absolute Gasteiger partial charge is 0.468 e. The predicted molar refractivity (Wildman–Crippen MR) is 109 cm³/mol. The maximum atomic E-state index is 13.5. The molecule has 1 aromatic rings. The number of methoxy groups -OCH3 is 1. The number of Topliss-reactive ketones (excluding diaryl/α,β-unsaturated/α-hetero) is 1. The fourth-order valence-electron chi connectivity index (χ4n) is 4.17. The second-order valence-corrected chi connectivity index (χ2v) is 8.11. The molecule has 30 heavy (non-hydrogen) atoms. The minimum absolute atomic E-state index is 0.225. The van der Waals surface area contributed by atoms with Gasteiger partial charge in [-0.25, -0.2) is 4.79 Å². The van der Waals surface area contributed by atoms with Crippen LogP contribution in [0.25, 0.3) is 0 Å². The van der Waals surface area contributed by atoms with Crippen molar-refractivity contribution in [2.45, 2.75) is 59.5 Å². The number of aryl methyl sites for hydroxylation is 1. The molecule has 1 N–H and O–H groups in total. The third-order valence-electron chi connectivity index (χ3n) is 5.89. The van der Waals surface area contributed by atoms with Gasteiger partial charge in [0, 0.05) is 17.0 Å². The van der Waals surface area contributed by atoms with Crippen LogP contribution in [0.3, 0.4) is 0 Å². The fraction of sp³-hybridized carbons (Fsp3) is 0.522. The molecule has 2 heterocycles. The first-order chi connectivity index (χ1) is 14.2. The summed E-state index contributed by atoms with van der Waals surface area (Å²) in [7, 11) is 1.28. The highest BCUT2D eigenvalue weighted by molar-refractivity contribution is 6.12. The van der Waals surface area contributed by atoms with E-state index in [9.17, 15) is 14.4 Å². The summed E-state index contributed by atoms with van der Waals surface area (Å²) in [6.45, 7) is 9.19. The summed E-state index contributed by atoms with van der Waals surface area (Å²) >= 11 is 0. The minimum Gasteiger partial charge on any atom is -0.468 e. The maximum Gasteiger partial charge on any atom is 0.337 e. The van der Waals surface area contributed by atoms with Crippen LogP contribution >= 0.6 is 0 Å². The molecule has 162 valence electrons. The third kappa shape index (κ3) is 3.80. The van der Waals surface area contributed by atoms with Gasteiger partial charge in [0.2, 0.25) is 0 Å². The first-order valence-corrected chi connectivity index (χ1v) is 10.3. The van der Waals surface area contributed by atoms with E-state index in [0.29, 0.717) is 46.9 Å². The Kier molecular flexibility index (Phi) is 6.19. The number of rotatable bonds is 5. The average Bonchev–Trinajstić information content (AvgIpc) is 3.12. The van der Waals surface area contributed by atoms with E-state index in [2.05, 4.69) is 5.32 Å². The SMILES string of the molecule is CC[C@H](C)OC(=O)C1=C(C)NC2=C(C(=O)[C@H](C(=O)OC)[C@@H](C)C2)[C@@H]1c1ccc(C)o1. The number of allylic oxidation sites excluding steroid dienone is 3. The van der Waals surface area contributed by atoms with Crippen molar-refractivity contribution in [1.29, 1.82) is 0 Å². The molecule has 7 heteroatoms. The maximum absolute atomic E-state index is 13.5. The second kappa shape index (κ2) is 8.50. The summed E-state index contributed by atoms with van der Waals surface area (Å²) in [6.07, 6.45) is 0.893. The molecule has 0 amide bonds. The Morgan fingerprint density at radius 3 is 2.57 bits per heavy atom. The van der Waals surface area contributed by atoms with Gasteiger partial charge in [-0.05, 0) is 51.7 Å². The first kappa shape index (κ1) is 21.9. The lowest BCUT2D eigenvalue weighted by Gasteiger charge is -2.37. The Labute approximate surface area is 176 Å². The molecule has 0 spiro atoms. The van der Waals surface area contributed by atoms with Crippen LogP contribution in [-0.2, 0) is 23.9 Å². The van der Waals surface area contributed by atoms with E-state index in [1.165, 1.54) is 7.11 Å². The van der Waals surface area contributed by atoms with Gasteiger partial charge in [-0.3, -0.25) is 9.59 Å². The number of ketones is 1. The van der Waals surface area contributed by atoms with E-state index in [0.717, 1.165) is 0 Å². The van der Waals surface area contributed by atoms with Gasteiger partial charge < -0.3 is 19.2 Å². The van der Waals surface area contributed by atoms with Crippen molar-refractivity contribution >= 4 is 17.7 Å². The molecular weight excluding hydrogens is 386 g/mol. The van der Waals surface area contributed by atoms with Gasteiger partial charge in [-0.15, -0.1) is 0 Å². The molecule has 0 radical (unpaired) electrons. The molecular formula is C23H29NO6.